The summed E-state index contributed by atoms with van der Waals surface area (Å²) in [4.78, 5) is 4.29. The Kier molecular flexibility index (Phi) is 4.11. The third kappa shape index (κ3) is 3.38. The van der Waals surface area contributed by atoms with E-state index in [-0.39, 0.29) is 0 Å². The van der Waals surface area contributed by atoms with E-state index in [9.17, 15) is 0 Å². The van der Waals surface area contributed by atoms with Crippen LogP contribution in [-0.2, 0) is 12.2 Å². The van der Waals surface area contributed by atoms with Crippen LogP contribution in [0.3, 0.4) is 0 Å². The number of furan rings is 1. The summed E-state index contributed by atoms with van der Waals surface area (Å²) in [6.07, 6.45) is 3.72. The van der Waals surface area contributed by atoms with Crippen molar-refractivity contribution in [2.75, 3.05) is 0 Å². The van der Waals surface area contributed by atoms with Crippen LogP contribution in [0.15, 0.2) is 67.5 Å². The molecule has 0 saturated heterocycles. The highest BCUT2D eigenvalue weighted by Gasteiger charge is 2.12. The Morgan fingerprint density at radius 2 is 1.96 bits per heavy atom. The standard InChI is InChI=1S/C16H12N4O3S/c1-2-4-11(5-3-1)8-14-18-19-16(22-14)24-10-13-17-15(23-20-13)12-6-7-21-9-12/h1-7,9H,8,10H2. The van der Waals surface area contributed by atoms with E-state index in [2.05, 4.69) is 20.3 Å². The van der Waals surface area contributed by atoms with Crippen LogP contribution in [0.5, 0.6) is 0 Å². The van der Waals surface area contributed by atoms with Crippen molar-refractivity contribution in [3.05, 3.63) is 66.2 Å². The van der Waals surface area contributed by atoms with Gasteiger partial charge in [-0.25, -0.2) is 0 Å². The van der Waals surface area contributed by atoms with Gasteiger partial charge in [0.2, 0.25) is 5.89 Å². The first-order valence-corrected chi connectivity index (χ1v) is 8.19. The van der Waals surface area contributed by atoms with Gasteiger partial charge in [0.05, 0.1) is 24.0 Å². The molecule has 4 rings (SSSR count). The number of nitrogens with zero attached hydrogens (tertiary/aromatic N) is 4. The highest BCUT2D eigenvalue weighted by molar-refractivity contribution is 7.98. The first-order chi connectivity index (χ1) is 11.9. The third-order valence-corrected chi connectivity index (χ3v) is 4.02. The third-order valence-electron chi connectivity index (χ3n) is 3.21. The van der Waals surface area contributed by atoms with Crippen LogP contribution in [0, 0.1) is 0 Å². The molecule has 0 saturated carbocycles. The monoisotopic (exact) mass is 340 g/mol. The zero-order chi connectivity index (χ0) is 16.2. The van der Waals surface area contributed by atoms with Gasteiger partial charge in [-0.1, -0.05) is 47.3 Å². The molecule has 3 heterocycles. The fourth-order valence-corrected chi connectivity index (χ4v) is 2.70. The molecule has 0 N–H and O–H groups in total. The molecule has 24 heavy (non-hydrogen) atoms. The van der Waals surface area contributed by atoms with Crippen LogP contribution in [0.4, 0.5) is 0 Å². The minimum Gasteiger partial charge on any atom is -0.472 e. The van der Waals surface area contributed by atoms with Gasteiger partial charge >= 0.3 is 0 Å². The van der Waals surface area contributed by atoms with Gasteiger partial charge in [0.15, 0.2) is 5.82 Å². The number of rotatable bonds is 6. The molecular weight excluding hydrogens is 328 g/mol. The summed E-state index contributed by atoms with van der Waals surface area (Å²) in [7, 11) is 0. The van der Waals surface area contributed by atoms with Crippen LogP contribution in [0.25, 0.3) is 11.5 Å². The average molecular weight is 340 g/mol. The normalized spacial score (nSPS) is 11.0. The summed E-state index contributed by atoms with van der Waals surface area (Å²) in [5, 5.41) is 12.5. The molecule has 7 nitrogen and oxygen atoms in total. The van der Waals surface area contributed by atoms with Gasteiger partial charge in [0.1, 0.15) is 6.26 Å². The quantitative estimate of drug-likeness (QED) is 0.492. The average Bonchev–Trinajstić information content (AvgIpc) is 3.35. The SMILES string of the molecule is c1ccc(Cc2nnc(SCc3noc(-c4ccoc4)n3)o2)cc1. The summed E-state index contributed by atoms with van der Waals surface area (Å²) < 4.78 is 15.8. The summed E-state index contributed by atoms with van der Waals surface area (Å²) >= 11 is 1.37. The minimum absolute atomic E-state index is 0.426. The Morgan fingerprint density at radius 1 is 1.04 bits per heavy atom. The van der Waals surface area contributed by atoms with Crippen molar-refractivity contribution in [1.82, 2.24) is 20.3 Å². The summed E-state index contributed by atoms with van der Waals surface area (Å²) in [5.74, 6) is 2.04. The highest BCUT2D eigenvalue weighted by atomic mass is 32.2. The van der Waals surface area contributed by atoms with E-state index in [1.807, 2.05) is 30.3 Å². The molecule has 0 unspecified atom stereocenters. The topological polar surface area (TPSA) is 91.0 Å². The number of benzene rings is 1. The van der Waals surface area contributed by atoms with E-state index in [1.54, 1.807) is 18.6 Å². The Morgan fingerprint density at radius 3 is 2.79 bits per heavy atom. The van der Waals surface area contributed by atoms with Gasteiger partial charge in [-0.3, -0.25) is 0 Å². The van der Waals surface area contributed by atoms with E-state index in [0.717, 1.165) is 11.1 Å². The molecule has 0 bridgehead atoms. The predicted octanol–water partition coefficient (Wildman–Crippen LogP) is 3.60. The maximum atomic E-state index is 5.63. The first kappa shape index (κ1) is 14.7. The smallest absolute Gasteiger partial charge is 0.277 e. The Labute approximate surface area is 141 Å². The fraction of sp³-hybridized carbons (Fsp3) is 0.125. The zero-order valence-electron chi connectivity index (χ0n) is 12.5. The fourth-order valence-electron chi connectivity index (χ4n) is 2.08. The Bertz CT molecular complexity index is 902. The molecule has 0 atom stereocenters. The molecule has 0 amide bonds. The minimum atomic E-state index is 0.426. The molecule has 120 valence electrons. The van der Waals surface area contributed by atoms with Crippen molar-refractivity contribution in [2.45, 2.75) is 17.4 Å². The molecule has 0 radical (unpaired) electrons. The molecular formula is C16H12N4O3S. The van der Waals surface area contributed by atoms with Crippen molar-refractivity contribution in [2.24, 2.45) is 0 Å². The van der Waals surface area contributed by atoms with Gasteiger partial charge in [0.25, 0.3) is 11.1 Å². The van der Waals surface area contributed by atoms with Crippen molar-refractivity contribution < 1.29 is 13.4 Å². The van der Waals surface area contributed by atoms with Crippen LogP contribution < -0.4 is 0 Å². The lowest BCUT2D eigenvalue weighted by Gasteiger charge is -1.94. The number of hydrogen-bond acceptors (Lipinski definition) is 8. The van der Waals surface area contributed by atoms with Gasteiger partial charge in [-0.2, -0.15) is 4.98 Å². The molecule has 3 aromatic heterocycles. The van der Waals surface area contributed by atoms with Crippen LogP contribution in [0.1, 0.15) is 17.3 Å². The first-order valence-electron chi connectivity index (χ1n) is 7.21. The molecule has 8 heteroatoms. The second-order valence-corrected chi connectivity index (χ2v) is 5.87. The van der Waals surface area contributed by atoms with Crippen molar-refractivity contribution in [3.8, 4) is 11.5 Å². The van der Waals surface area contributed by atoms with Gasteiger partial charge in [0, 0.05) is 0 Å². The Hall–Kier alpha value is -2.87. The summed E-state index contributed by atoms with van der Waals surface area (Å²) in [6, 6.07) is 11.7. The number of thioether (sulfide) groups is 1. The molecule has 0 aliphatic heterocycles. The number of aromatic nitrogens is 4. The largest absolute Gasteiger partial charge is 0.472 e. The second kappa shape index (κ2) is 6.71. The molecule has 0 aliphatic rings. The lowest BCUT2D eigenvalue weighted by atomic mass is 10.2. The lowest BCUT2D eigenvalue weighted by molar-refractivity contribution is 0.418. The molecule has 0 fully saturated rings. The van der Waals surface area contributed by atoms with E-state index < -0.39 is 0 Å². The second-order valence-electron chi connectivity index (χ2n) is 4.94. The summed E-state index contributed by atoms with van der Waals surface area (Å²) in [5.41, 5.74) is 1.88. The van der Waals surface area contributed by atoms with E-state index in [4.69, 9.17) is 13.4 Å². The van der Waals surface area contributed by atoms with Crippen molar-refractivity contribution >= 4 is 11.8 Å². The van der Waals surface area contributed by atoms with Crippen LogP contribution in [0.2, 0.25) is 0 Å². The predicted molar refractivity (Wildman–Crippen MR) is 85.1 cm³/mol. The molecule has 1 aromatic carbocycles. The van der Waals surface area contributed by atoms with E-state index in [0.29, 0.717) is 35.0 Å². The van der Waals surface area contributed by atoms with Crippen LogP contribution in [-0.4, -0.2) is 20.3 Å². The summed E-state index contributed by atoms with van der Waals surface area (Å²) in [6.45, 7) is 0. The van der Waals surface area contributed by atoms with Gasteiger partial charge < -0.3 is 13.4 Å². The maximum Gasteiger partial charge on any atom is 0.277 e. The van der Waals surface area contributed by atoms with Gasteiger partial charge in [-0.15, -0.1) is 10.2 Å². The lowest BCUT2D eigenvalue weighted by Crippen LogP contribution is -1.87. The van der Waals surface area contributed by atoms with Crippen LogP contribution >= 0.6 is 11.8 Å². The Balaban J connectivity index is 1.36. The maximum absolute atomic E-state index is 5.63. The molecule has 0 spiro atoms. The number of hydrogen-bond donors (Lipinski definition) is 0. The molecule has 0 aliphatic carbocycles. The highest BCUT2D eigenvalue weighted by Crippen LogP contribution is 2.23. The van der Waals surface area contributed by atoms with E-state index in [1.165, 1.54) is 11.8 Å². The van der Waals surface area contributed by atoms with Gasteiger partial charge in [-0.05, 0) is 11.6 Å². The zero-order valence-corrected chi connectivity index (χ0v) is 13.3. The molecule has 4 aromatic rings. The van der Waals surface area contributed by atoms with E-state index >= 15 is 0 Å². The van der Waals surface area contributed by atoms with Crippen molar-refractivity contribution in [1.29, 1.82) is 0 Å². The van der Waals surface area contributed by atoms with Crippen molar-refractivity contribution in [3.63, 3.8) is 0 Å².